The monoisotopic (exact) mass is 412 g/mol. The fourth-order valence-electron chi connectivity index (χ4n) is 3.10. The molecule has 0 radical (unpaired) electrons. The lowest BCUT2D eigenvalue weighted by Gasteiger charge is -2.12. The van der Waals surface area contributed by atoms with E-state index in [0.717, 1.165) is 6.26 Å². The molecule has 2 aromatic heterocycles. The maximum Gasteiger partial charge on any atom is 0.229 e. The van der Waals surface area contributed by atoms with Crippen LogP contribution in [-0.2, 0) is 9.84 Å². The van der Waals surface area contributed by atoms with E-state index in [1.54, 1.807) is 25.1 Å². The molecule has 2 aromatic carbocycles. The normalized spacial score (nSPS) is 11.7. The fourth-order valence-corrected chi connectivity index (χ4v) is 4.09. The Morgan fingerprint density at radius 3 is 2.72 bits per heavy atom. The first-order chi connectivity index (χ1) is 13.7. The number of aromatic amines is 1. The van der Waals surface area contributed by atoms with Gasteiger partial charge >= 0.3 is 0 Å². The van der Waals surface area contributed by atoms with Crippen LogP contribution in [0.4, 0.5) is 21.8 Å². The van der Waals surface area contributed by atoms with Gasteiger partial charge in [-0.15, -0.1) is 0 Å². The summed E-state index contributed by atoms with van der Waals surface area (Å²) in [5, 5.41) is 10.6. The second-order valence-electron chi connectivity index (χ2n) is 6.58. The van der Waals surface area contributed by atoms with Crippen LogP contribution in [0.15, 0.2) is 47.5 Å². The van der Waals surface area contributed by atoms with Crippen LogP contribution in [0.5, 0.6) is 0 Å². The molecule has 10 heteroatoms. The first-order valence-corrected chi connectivity index (χ1v) is 10.5. The second-order valence-corrected chi connectivity index (χ2v) is 8.56. The van der Waals surface area contributed by atoms with Gasteiger partial charge in [-0.2, -0.15) is 10.1 Å². The van der Waals surface area contributed by atoms with Gasteiger partial charge in [0.1, 0.15) is 17.3 Å². The molecule has 29 heavy (non-hydrogen) atoms. The number of nitrogens with two attached hydrogens (primary N) is 1. The van der Waals surface area contributed by atoms with Crippen LogP contribution < -0.4 is 11.1 Å². The van der Waals surface area contributed by atoms with Crippen molar-refractivity contribution in [3.63, 3.8) is 0 Å². The molecule has 0 aliphatic carbocycles. The highest BCUT2D eigenvalue weighted by molar-refractivity contribution is 7.90. The van der Waals surface area contributed by atoms with Gasteiger partial charge in [0.2, 0.25) is 5.95 Å². The average molecular weight is 412 g/mol. The molecule has 8 nitrogen and oxygen atoms in total. The molecule has 0 aliphatic rings. The first kappa shape index (κ1) is 18.8. The number of sulfone groups is 1. The van der Waals surface area contributed by atoms with E-state index in [-0.39, 0.29) is 22.5 Å². The van der Waals surface area contributed by atoms with Crippen molar-refractivity contribution in [1.29, 1.82) is 0 Å². The number of nitrogen functional groups attached to an aromatic ring is 1. The molecule has 4 rings (SSSR count). The number of anilines is 3. The minimum Gasteiger partial charge on any atom is -0.383 e. The van der Waals surface area contributed by atoms with E-state index in [1.165, 1.54) is 24.4 Å². The number of fused-ring (bicyclic) bond motifs is 1. The Balaban J connectivity index is 1.71. The molecule has 0 atom stereocenters. The molecule has 0 fully saturated rings. The predicted molar refractivity (Wildman–Crippen MR) is 109 cm³/mol. The summed E-state index contributed by atoms with van der Waals surface area (Å²) in [5.41, 5.74) is 8.76. The SMILES string of the molecule is Cc1c(Nc2ncc(-c3n[nH]c4ccc(F)cc34)c(N)n2)cccc1S(C)(=O)=O. The van der Waals surface area contributed by atoms with Gasteiger partial charge in [-0.05, 0) is 42.8 Å². The summed E-state index contributed by atoms with van der Waals surface area (Å²) in [6, 6.07) is 9.18. The van der Waals surface area contributed by atoms with Crippen LogP contribution in [0.25, 0.3) is 22.2 Å². The smallest absolute Gasteiger partial charge is 0.229 e. The number of H-pyrrole nitrogens is 1. The Labute approximate surface area is 165 Å². The van der Waals surface area contributed by atoms with Crippen molar-refractivity contribution in [3.8, 4) is 11.3 Å². The molecule has 148 valence electrons. The van der Waals surface area contributed by atoms with Gasteiger partial charge in [-0.25, -0.2) is 17.8 Å². The summed E-state index contributed by atoms with van der Waals surface area (Å²) in [6.45, 7) is 1.70. The Morgan fingerprint density at radius 2 is 2.00 bits per heavy atom. The largest absolute Gasteiger partial charge is 0.383 e. The zero-order valence-electron chi connectivity index (χ0n) is 15.6. The van der Waals surface area contributed by atoms with Crippen molar-refractivity contribution in [1.82, 2.24) is 20.2 Å². The lowest BCUT2D eigenvalue weighted by molar-refractivity contribution is 0.601. The van der Waals surface area contributed by atoms with Crippen LogP contribution >= 0.6 is 0 Å². The van der Waals surface area contributed by atoms with Crippen molar-refractivity contribution in [2.75, 3.05) is 17.3 Å². The number of halogens is 1. The van der Waals surface area contributed by atoms with E-state index in [4.69, 9.17) is 5.73 Å². The van der Waals surface area contributed by atoms with Gasteiger partial charge in [0.15, 0.2) is 9.84 Å². The number of rotatable bonds is 4. The number of benzene rings is 2. The Bertz CT molecular complexity index is 1350. The molecule has 0 amide bonds. The summed E-state index contributed by atoms with van der Waals surface area (Å²) in [4.78, 5) is 8.72. The fraction of sp³-hybridized carbons (Fsp3) is 0.105. The molecule has 0 saturated heterocycles. The minimum atomic E-state index is -3.36. The maximum absolute atomic E-state index is 13.6. The van der Waals surface area contributed by atoms with E-state index in [1.807, 2.05) is 0 Å². The van der Waals surface area contributed by atoms with E-state index in [9.17, 15) is 12.8 Å². The van der Waals surface area contributed by atoms with E-state index >= 15 is 0 Å². The van der Waals surface area contributed by atoms with Crippen molar-refractivity contribution in [2.45, 2.75) is 11.8 Å². The van der Waals surface area contributed by atoms with Crippen molar-refractivity contribution < 1.29 is 12.8 Å². The Kier molecular flexibility index (Phi) is 4.42. The van der Waals surface area contributed by atoms with Crippen LogP contribution in [0, 0.1) is 12.7 Å². The Morgan fingerprint density at radius 1 is 1.21 bits per heavy atom. The summed E-state index contributed by atoms with van der Waals surface area (Å²) in [5.74, 6) is -0.0396. The van der Waals surface area contributed by atoms with E-state index in [0.29, 0.717) is 33.4 Å². The quantitative estimate of drug-likeness (QED) is 0.470. The highest BCUT2D eigenvalue weighted by Gasteiger charge is 2.16. The molecule has 0 saturated carbocycles. The molecular weight excluding hydrogens is 395 g/mol. The Hall–Kier alpha value is -3.53. The van der Waals surface area contributed by atoms with E-state index in [2.05, 4.69) is 25.5 Å². The van der Waals surface area contributed by atoms with Crippen molar-refractivity contribution >= 4 is 38.2 Å². The number of hydrogen-bond acceptors (Lipinski definition) is 7. The molecule has 0 unspecified atom stereocenters. The van der Waals surface area contributed by atoms with Gasteiger partial charge in [0.05, 0.1) is 16.0 Å². The van der Waals surface area contributed by atoms with Crippen LogP contribution in [0.1, 0.15) is 5.56 Å². The minimum absolute atomic E-state index is 0.150. The number of nitrogens with one attached hydrogen (secondary N) is 2. The summed E-state index contributed by atoms with van der Waals surface area (Å²) in [6.07, 6.45) is 2.64. The first-order valence-electron chi connectivity index (χ1n) is 8.57. The zero-order valence-corrected chi connectivity index (χ0v) is 16.4. The van der Waals surface area contributed by atoms with Crippen LogP contribution in [0.3, 0.4) is 0 Å². The van der Waals surface area contributed by atoms with Crippen molar-refractivity contribution in [3.05, 3.63) is 54.0 Å². The summed E-state index contributed by atoms with van der Waals surface area (Å²) in [7, 11) is -3.36. The molecule has 4 aromatic rings. The van der Waals surface area contributed by atoms with Crippen molar-refractivity contribution in [2.24, 2.45) is 0 Å². The predicted octanol–water partition coefficient (Wildman–Crippen LogP) is 3.20. The highest BCUT2D eigenvalue weighted by atomic mass is 32.2. The standard InChI is InChI=1S/C19H17FN6O2S/c1-10-14(4-3-5-16(10)29(2,27)28)23-19-22-9-13(18(21)24-19)17-12-8-11(20)6-7-15(12)25-26-17/h3-9H,1-2H3,(H,25,26)(H3,21,22,23,24). The van der Waals surface area contributed by atoms with E-state index < -0.39 is 9.84 Å². The van der Waals surface area contributed by atoms with Crippen LogP contribution in [0.2, 0.25) is 0 Å². The molecule has 0 aliphatic heterocycles. The summed E-state index contributed by atoms with van der Waals surface area (Å²) >= 11 is 0. The van der Waals surface area contributed by atoms with Gasteiger partial charge in [0.25, 0.3) is 0 Å². The third-order valence-corrected chi connectivity index (χ3v) is 5.77. The third kappa shape index (κ3) is 3.49. The zero-order chi connectivity index (χ0) is 20.8. The second kappa shape index (κ2) is 6.82. The molecule has 4 N–H and O–H groups in total. The summed E-state index contributed by atoms with van der Waals surface area (Å²) < 4.78 is 37.4. The highest BCUT2D eigenvalue weighted by Crippen LogP contribution is 2.31. The number of nitrogens with zero attached hydrogens (tertiary/aromatic N) is 3. The van der Waals surface area contributed by atoms with Gasteiger partial charge in [-0.1, -0.05) is 6.07 Å². The molecular formula is C19H17FN6O2S. The van der Waals surface area contributed by atoms with Gasteiger partial charge < -0.3 is 11.1 Å². The molecule has 0 bridgehead atoms. The molecule has 0 spiro atoms. The van der Waals surface area contributed by atoms with Gasteiger partial charge in [0, 0.05) is 23.5 Å². The average Bonchev–Trinajstić information content (AvgIpc) is 3.05. The number of hydrogen-bond donors (Lipinski definition) is 3. The maximum atomic E-state index is 13.6. The molecule has 2 heterocycles. The van der Waals surface area contributed by atoms with Crippen LogP contribution in [-0.4, -0.2) is 34.8 Å². The third-order valence-electron chi connectivity index (χ3n) is 4.53. The number of aromatic nitrogens is 4. The van der Waals surface area contributed by atoms with Gasteiger partial charge in [-0.3, -0.25) is 5.10 Å². The lowest BCUT2D eigenvalue weighted by atomic mass is 10.1. The lowest BCUT2D eigenvalue weighted by Crippen LogP contribution is -2.06. The topological polar surface area (TPSA) is 127 Å².